The van der Waals surface area contributed by atoms with Crippen molar-refractivity contribution in [1.82, 2.24) is 4.98 Å². The molecule has 1 aromatic heterocycles. The van der Waals surface area contributed by atoms with Gasteiger partial charge in [-0.2, -0.15) is 0 Å². The summed E-state index contributed by atoms with van der Waals surface area (Å²) in [6.45, 7) is 0. The van der Waals surface area contributed by atoms with Gasteiger partial charge in [0.05, 0.1) is 10.0 Å². The minimum absolute atomic E-state index is 0.0548. The maximum absolute atomic E-state index is 8.94. The number of aromatic hydroxyl groups is 1. The summed E-state index contributed by atoms with van der Waals surface area (Å²) in [6, 6.07) is 15.1. The molecule has 0 unspecified atom stereocenters. The fraction of sp³-hybridized carbons (Fsp3) is 0. The molecule has 0 radical (unpaired) electrons. The molecule has 3 rings (SSSR count). The van der Waals surface area contributed by atoms with Gasteiger partial charge in [-0.05, 0) is 29.7 Å². The second kappa shape index (κ2) is 5.80. The quantitative estimate of drug-likeness (QED) is 0.605. The summed E-state index contributed by atoms with van der Waals surface area (Å²) in [5.41, 5.74) is 1.21. The Balaban J connectivity index is 0.000000134. The van der Waals surface area contributed by atoms with Crippen LogP contribution in [0, 0.1) is 0 Å². The van der Waals surface area contributed by atoms with E-state index in [9.17, 15) is 0 Å². The number of benzene rings is 2. The number of halogens is 2. The Hall–Kier alpha value is -1.64. The van der Waals surface area contributed by atoms with Gasteiger partial charge in [0.25, 0.3) is 0 Å². The van der Waals surface area contributed by atoms with E-state index < -0.39 is 0 Å². The van der Waals surface area contributed by atoms with E-state index in [2.05, 4.69) is 23.2 Å². The number of para-hydroxylation sites is 2. The topological polar surface area (TPSA) is 36.0 Å². The first-order valence-electron chi connectivity index (χ1n) is 5.33. The van der Waals surface area contributed by atoms with Crippen molar-refractivity contribution in [3.63, 3.8) is 0 Å². The molecule has 18 heavy (non-hydrogen) atoms. The highest BCUT2D eigenvalue weighted by molar-refractivity contribution is 6.37. The number of nitrogens with one attached hydrogen (secondary N) is 1. The molecule has 0 atom stereocenters. The second-order valence-corrected chi connectivity index (χ2v) is 4.45. The fourth-order valence-corrected chi connectivity index (χ4v) is 1.88. The van der Waals surface area contributed by atoms with E-state index in [4.69, 9.17) is 28.3 Å². The SMILES string of the molecule is Oc1c(Cl)cccc1Cl.c1ccc2[nH]ccc2c1. The Bertz CT molecular complexity index is 599. The molecule has 0 fully saturated rings. The molecule has 2 nitrogen and oxygen atoms in total. The van der Waals surface area contributed by atoms with Crippen molar-refractivity contribution < 1.29 is 5.11 Å². The Morgan fingerprint density at radius 1 is 0.833 bits per heavy atom. The number of phenols is 1. The lowest BCUT2D eigenvalue weighted by Crippen LogP contribution is -1.67. The van der Waals surface area contributed by atoms with Crippen molar-refractivity contribution >= 4 is 34.1 Å². The van der Waals surface area contributed by atoms with Gasteiger partial charge >= 0.3 is 0 Å². The first kappa shape index (κ1) is 12.8. The van der Waals surface area contributed by atoms with Gasteiger partial charge in [-0.25, -0.2) is 0 Å². The van der Waals surface area contributed by atoms with Gasteiger partial charge in [-0.15, -0.1) is 0 Å². The number of rotatable bonds is 0. The zero-order valence-corrected chi connectivity index (χ0v) is 10.9. The number of aromatic nitrogens is 1. The summed E-state index contributed by atoms with van der Waals surface area (Å²) in [6.07, 6.45) is 1.95. The maximum atomic E-state index is 8.94. The highest BCUT2D eigenvalue weighted by atomic mass is 35.5. The van der Waals surface area contributed by atoms with Gasteiger partial charge in [0.1, 0.15) is 0 Å². The van der Waals surface area contributed by atoms with Crippen molar-refractivity contribution in [3.05, 3.63) is 64.8 Å². The smallest absolute Gasteiger partial charge is 0.152 e. The molecule has 0 aliphatic carbocycles. The Morgan fingerprint density at radius 2 is 1.50 bits per heavy atom. The monoisotopic (exact) mass is 279 g/mol. The van der Waals surface area contributed by atoms with Crippen LogP contribution < -0.4 is 0 Å². The summed E-state index contributed by atoms with van der Waals surface area (Å²) >= 11 is 11.0. The molecule has 4 heteroatoms. The Labute approximate surface area is 115 Å². The molecule has 0 aliphatic rings. The first-order valence-corrected chi connectivity index (χ1v) is 6.09. The van der Waals surface area contributed by atoms with E-state index in [1.165, 1.54) is 10.9 Å². The molecule has 1 heterocycles. The number of hydrogen-bond donors (Lipinski definition) is 2. The van der Waals surface area contributed by atoms with Crippen LogP contribution in [0.4, 0.5) is 0 Å². The van der Waals surface area contributed by atoms with E-state index in [-0.39, 0.29) is 15.8 Å². The van der Waals surface area contributed by atoms with E-state index in [0.29, 0.717) is 0 Å². The van der Waals surface area contributed by atoms with Crippen LogP contribution in [0.1, 0.15) is 0 Å². The molecule has 0 spiro atoms. The molecule has 0 amide bonds. The summed E-state index contributed by atoms with van der Waals surface area (Å²) in [7, 11) is 0. The largest absolute Gasteiger partial charge is 0.505 e. The summed E-state index contributed by atoms with van der Waals surface area (Å²) in [4.78, 5) is 3.12. The van der Waals surface area contributed by atoms with E-state index in [1.54, 1.807) is 18.2 Å². The molecule has 0 saturated carbocycles. The minimum atomic E-state index is -0.0548. The van der Waals surface area contributed by atoms with E-state index in [1.807, 2.05) is 18.3 Å². The third-order valence-electron chi connectivity index (χ3n) is 2.40. The molecular weight excluding hydrogens is 269 g/mol. The molecule has 0 bridgehead atoms. The number of fused-ring (bicyclic) bond motifs is 1. The first-order chi connectivity index (χ1) is 8.68. The zero-order chi connectivity index (χ0) is 13.0. The highest BCUT2D eigenvalue weighted by Crippen LogP contribution is 2.30. The molecule has 0 saturated heterocycles. The van der Waals surface area contributed by atoms with Gasteiger partial charge in [-0.1, -0.05) is 47.5 Å². The molecule has 3 aromatic rings. The third kappa shape index (κ3) is 2.97. The van der Waals surface area contributed by atoms with Gasteiger partial charge < -0.3 is 10.1 Å². The number of hydrogen-bond acceptors (Lipinski definition) is 1. The summed E-state index contributed by atoms with van der Waals surface area (Å²) < 4.78 is 0. The summed E-state index contributed by atoms with van der Waals surface area (Å²) in [5.74, 6) is -0.0548. The molecular formula is C14H11Cl2NO. The Kier molecular flexibility index (Phi) is 4.13. The highest BCUT2D eigenvalue weighted by Gasteiger charge is 1.99. The lowest BCUT2D eigenvalue weighted by atomic mass is 10.3. The van der Waals surface area contributed by atoms with Gasteiger partial charge in [-0.3, -0.25) is 0 Å². The number of aromatic amines is 1. The van der Waals surface area contributed by atoms with Crippen LogP contribution >= 0.6 is 23.2 Å². The van der Waals surface area contributed by atoms with Crippen LogP contribution in [-0.4, -0.2) is 10.1 Å². The van der Waals surface area contributed by atoms with Crippen molar-refractivity contribution in [1.29, 1.82) is 0 Å². The second-order valence-electron chi connectivity index (χ2n) is 3.64. The predicted octanol–water partition coefficient (Wildman–Crippen LogP) is 4.87. The minimum Gasteiger partial charge on any atom is -0.505 e. The molecule has 2 N–H and O–H groups in total. The maximum Gasteiger partial charge on any atom is 0.152 e. The lowest BCUT2D eigenvalue weighted by Gasteiger charge is -1.95. The van der Waals surface area contributed by atoms with E-state index in [0.717, 1.165) is 0 Å². The third-order valence-corrected chi connectivity index (χ3v) is 3.01. The average molecular weight is 280 g/mol. The number of H-pyrrole nitrogens is 1. The predicted molar refractivity (Wildman–Crippen MR) is 76.4 cm³/mol. The standard InChI is InChI=1S/C8H7N.C6H4Cl2O/c1-2-4-8-7(3-1)5-6-9-8;7-4-2-1-3-5(8)6(4)9/h1-6,9H;1-3,9H. The van der Waals surface area contributed by atoms with Crippen LogP contribution in [0.15, 0.2) is 54.7 Å². The number of phenolic OH excluding ortho intramolecular Hbond substituents is 1. The van der Waals surface area contributed by atoms with Crippen LogP contribution in [-0.2, 0) is 0 Å². The van der Waals surface area contributed by atoms with Crippen molar-refractivity contribution in [3.8, 4) is 5.75 Å². The van der Waals surface area contributed by atoms with Crippen molar-refractivity contribution in [2.75, 3.05) is 0 Å². The van der Waals surface area contributed by atoms with Gasteiger partial charge in [0, 0.05) is 11.7 Å². The zero-order valence-electron chi connectivity index (χ0n) is 9.40. The average Bonchev–Trinajstić information content (AvgIpc) is 2.85. The van der Waals surface area contributed by atoms with Gasteiger partial charge in [0.2, 0.25) is 0 Å². The molecule has 0 aliphatic heterocycles. The molecule has 92 valence electrons. The van der Waals surface area contributed by atoms with Gasteiger partial charge in [0.15, 0.2) is 5.75 Å². The van der Waals surface area contributed by atoms with Crippen molar-refractivity contribution in [2.24, 2.45) is 0 Å². The molecule has 2 aromatic carbocycles. The summed E-state index contributed by atoms with van der Waals surface area (Å²) in [5, 5.41) is 10.8. The van der Waals surface area contributed by atoms with Crippen molar-refractivity contribution in [2.45, 2.75) is 0 Å². The van der Waals surface area contributed by atoms with Crippen LogP contribution in [0.2, 0.25) is 10.0 Å². The lowest BCUT2D eigenvalue weighted by molar-refractivity contribution is 0.476. The van der Waals surface area contributed by atoms with E-state index >= 15 is 0 Å². The Morgan fingerprint density at radius 3 is 2.11 bits per heavy atom. The van der Waals surface area contributed by atoms with Crippen LogP contribution in [0.3, 0.4) is 0 Å². The van der Waals surface area contributed by atoms with Crippen LogP contribution in [0.25, 0.3) is 10.9 Å². The van der Waals surface area contributed by atoms with Crippen LogP contribution in [0.5, 0.6) is 5.75 Å². The fourth-order valence-electron chi connectivity index (χ4n) is 1.48. The normalized spacial score (nSPS) is 9.89.